The number of hydrogen-bond donors (Lipinski definition) is 3. The summed E-state index contributed by atoms with van der Waals surface area (Å²) in [6.07, 6.45) is 2.51. The Morgan fingerprint density at radius 1 is 1.17 bits per heavy atom. The summed E-state index contributed by atoms with van der Waals surface area (Å²) in [4.78, 5) is 30.8. The number of rotatable bonds is 4. The maximum Gasteiger partial charge on any atom is 0.325 e. The number of hydrogen-bond acceptors (Lipinski definition) is 6. The summed E-state index contributed by atoms with van der Waals surface area (Å²) in [5.41, 5.74) is 1.02. The number of nitrogens with zero attached hydrogens (tertiary/aromatic N) is 3. The van der Waals surface area contributed by atoms with Crippen molar-refractivity contribution in [2.75, 3.05) is 23.1 Å². The van der Waals surface area contributed by atoms with Crippen molar-refractivity contribution in [1.82, 2.24) is 9.97 Å². The maximum absolute atomic E-state index is 12.0. The molecule has 0 atom stereocenters. The molecule has 0 saturated heterocycles. The minimum Gasteiger partial charge on any atom is -0.495 e. The van der Waals surface area contributed by atoms with Crippen molar-refractivity contribution < 1.29 is 14.3 Å². The van der Waals surface area contributed by atoms with E-state index in [1.807, 2.05) is 6.07 Å². The molecule has 0 aliphatic heterocycles. The molecule has 3 N–H and O–H groups in total. The molecule has 0 saturated carbocycles. The van der Waals surface area contributed by atoms with Crippen molar-refractivity contribution >= 4 is 29.1 Å². The molecule has 1 heterocycles. The highest BCUT2D eigenvalue weighted by Gasteiger charge is 2.10. The van der Waals surface area contributed by atoms with E-state index in [0.29, 0.717) is 17.1 Å². The normalized spacial score (nSPS) is 9.54. The van der Waals surface area contributed by atoms with Gasteiger partial charge in [-0.05, 0) is 18.2 Å². The van der Waals surface area contributed by atoms with Gasteiger partial charge >= 0.3 is 6.03 Å². The number of carbonyl (C=O) groups excluding carboxylic acids is 2. The monoisotopic (exact) mass is 326 g/mol. The Morgan fingerprint density at radius 3 is 2.54 bits per heavy atom. The van der Waals surface area contributed by atoms with Crippen LogP contribution in [0.3, 0.4) is 0 Å². The zero-order valence-electron chi connectivity index (χ0n) is 13.0. The van der Waals surface area contributed by atoms with Gasteiger partial charge in [-0.25, -0.2) is 14.8 Å². The lowest BCUT2D eigenvalue weighted by Crippen LogP contribution is -2.21. The first-order valence-electron chi connectivity index (χ1n) is 6.77. The van der Waals surface area contributed by atoms with Crippen molar-refractivity contribution in [3.8, 4) is 11.8 Å². The zero-order chi connectivity index (χ0) is 17.5. The van der Waals surface area contributed by atoms with E-state index in [1.54, 1.807) is 18.2 Å². The van der Waals surface area contributed by atoms with Gasteiger partial charge in [-0.2, -0.15) is 5.26 Å². The zero-order valence-corrected chi connectivity index (χ0v) is 13.0. The Hall–Kier alpha value is -3.67. The molecule has 0 aliphatic carbocycles. The van der Waals surface area contributed by atoms with Crippen LogP contribution in [0, 0.1) is 11.3 Å². The van der Waals surface area contributed by atoms with Gasteiger partial charge in [0.05, 0.1) is 25.2 Å². The van der Waals surface area contributed by atoms with Crippen LogP contribution < -0.4 is 20.7 Å². The number of methoxy groups -OCH3 is 1. The van der Waals surface area contributed by atoms with Gasteiger partial charge in [-0.1, -0.05) is 0 Å². The molecule has 0 unspecified atom stereocenters. The number of aromatic nitrogens is 2. The van der Waals surface area contributed by atoms with Crippen LogP contribution in [0.2, 0.25) is 0 Å². The van der Waals surface area contributed by atoms with Crippen LogP contribution in [0.5, 0.6) is 5.75 Å². The summed E-state index contributed by atoms with van der Waals surface area (Å²) in [7, 11) is 1.46. The van der Waals surface area contributed by atoms with E-state index in [0.717, 1.165) is 0 Å². The molecular weight excluding hydrogens is 312 g/mol. The first-order valence-corrected chi connectivity index (χ1v) is 6.77. The lowest BCUT2D eigenvalue weighted by atomic mass is 10.2. The quantitative estimate of drug-likeness (QED) is 0.787. The van der Waals surface area contributed by atoms with Crippen molar-refractivity contribution in [3.63, 3.8) is 0 Å². The average Bonchev–Trinajstić information content (AvgIpc) is 2.55. The summed E-state index contributed by atoms with van der Waals surface area (Å²) >= 11 is 0. The molecule has 2 rings (SSSR count). The Labute approximate surface area is 137 Å². The molecule has 3 amide bonds. The van der Waals surface area contributed by atoms with Crippen LogP contribution in [-0.2, 0) is 4.79 Å². The minimum atomic E-state index is -0.577. The van der Waals surface area contributed by atoms with Crippen LogP contribution >= 0.6 is 0 Å². The molecule has 1 aromatic heterocycles. The van der Waals surface area contributed by atoms with E-state index in [1.165, 1.54) is 26.4 Å². The number of carbonyl (C=O) groups is 2. The van der Waals surface area contributed by atoms with E-state index in [9.17, 15) is 9.59 Å². The second-order valence-corrected chi connectivity index (χ2v) is 4.57. The van der Waals surface area contributed by atoms with Crippen LogP contribution in [0.25, 0.3) is 0 Å². The molecule has 0 spiro atoms. The van der Waals surface area contributed by atoms with Crippen LogP contribution in [-0.4, -0.2) is 29.0 Å². The molecule has 0 fully saturated rings. The molecule has 9 nitrogen and oxygen atoms in total. The highest BCUT2D eigenvalue weighted by molar-refractivity contribution is 6.01. The fourth-order valence-corrected chi connectivity index (χ4v) is 1.81. The average molecular weight is 326 g/mol. The summed E-state index contributed by atoms with van der Waals surface area (Å²) in [6, 6.07) is 6.08. The summed E-state index contributed by atoms with van der Waals surface area (Å²) in [5, 5.41) is 16.3. The third kappa shape index (κ3) is 4.41. The smallest absolute Gasteiger partial charge is 0.325 e. The standard InChI is InChI=1S/C15H14N6O3/c1-9(22)19-10-3-4-13(24-2)12(5-10)20-15(23)21-14-8-17-11(6-16)7-18-14/h3-5,7-8H,1-2H3,(H,19,22)(H2,18,20,21,23). The fraction of sp³-hybridized carbons (Fsp3) is 0.133. The molecule has 122 valence electrons. The van der Waals surface area contributed by atoms with Gasteiger partial charge in [0.25, 0.3) is 0 Å². The van der Waals surface area contributed by atoms with E-state index < -0.39 is 6.03 Å². The Kier molecular flexibility index (Phi) is 5.25. The Bertz CT molecular complexity index is 798. The second-order valence-electron chi connectivity index (χ2n) is 4.57. The van der Waals surface area contributed by atoms with Crippen LogP contribution in [0.4, 0.5) is 22.0 Å². The van der Waals surface area contributed by atoms with Gasteiger partial charge in [-0.3, -0.25) is 10.1 Å². The summed E-state index contributed by atoms with van der Waals surface area (Å²) in [6.45, 7) is 1.38. The first-order chi connectivity index (χ1) is 11.5. The highest BCUT2D eigenvalue weighted by Crippen LogP contribution is 2.28. The molecular formula is C15H14N6O3. The van der Waals surface area contributed by atoms with Crippen molar-refractivity contribution in [3.05, 3.63) is 36.3 Å². The Morgan fingerprint density at radius 2 is 1.96 bits per heavy atom. The highest BCUT2D eigenvalue weighted by atomic mass is 16.5. The predicted octanol–water partition coefficient (Wildman–Crippen LogP) is 1.96. The molecule has 0 aliphatic rings. The fourth-order valence-electron chi connectivity index (χ4n) is 1.81. The van der Waals surface area contributed by atoms with Gasteiger partial charge in [0.15, 0.2) is 11.5 Å². The molecule has 0 bridgehead atoms. The van der Waals surface area contributed by atoms with Crippen LogP contribution in [0.15, 0.2) is 30.6 Å². The topological polar surface area (TPSA) is 129 Å². The molecule has 2 aromatic rings. The molecule has 9 heteroatoms. The number of nitrogens with one attached hydrogen (secondary N) is 3. The van der Waals surface area contributed by atoms with Gasteiger partial charge in [0.2, 0.25) is 5.91 Å². The van der Waals surface area contributed by atoms with E-state index >= 15 is 0 Å². The SMILES string of the molecule is COc1ccc(NC(C)=O)cc1NC(=O)Nc1cnc(C#N)cn1. The number of anilines is 3. The third-order valence-electron chi connectivity index (χ3n) is 2.78. The third-order valence-corrected chi connectivity index (χ3v) is 2.78. The number of urea groups is 1. The van der Waals surface area contributed by atoms with Gasteiger partial charge < -0.3 is 15.4 Å². The largest absolute Gasteiger partial charge is 0.495 e. The Balaban J connectivity index is 2.11. The second kappa shape index (κ2) is 7.55. The lowest BCUT2D eigenvalue weighted by Gasteiger charge is -2.12. The van der Waals surface area contributed by atoms with Crippen molar-refractivity contribution in [1.29, 1.82) is 5.26 Å². The number of amides is 3. The van der Waals surface area contributed by atoms with Gasteiger partial charge in [0.1, 0.15) is 11.8 Å². The van der Waals surface area contributed by atoms with E-state index in [2.05, 4.69) is 25.9 Å². The summed E-state index contributed by atoms with van der Waals surface area (Å²) in [5.74, 6) is 0.372. The molecule has 0 radical (unpaired) electrons. The summed E-state index contributed by atoms with van der Waals surface area (Å²) < 4.78 is 5.17. The number of benzene rings is 1. The maximum atomic E-state index is 12.0. The van der Waals surface area contributed by atoms with Crippen molar-refractivity contribution in [2.24, 2.45) is 0 Å². The predicted molar refractivity (Wildman–Crippen MR) is 86.7 cm³/mol. The van der Waals surface area contributed by atoms with E-state index in [4.69, 9.17) is 10.00 Å². The number of nitriles is 1. The first kappa shape index (κ1) is 16.7. The minimum absolute atomic E-state index is 0.144. The van der Waals surface area contributed by atoms with Crippen molar-refractivity contribution in [2.45, 2.75) is 6.92 Å². The van der Waals surface area contributed by atoms with Crippen LogP contribution in [0.1, 0.15) is 12.6 Å². The molecule has 1 aromatic carbocycles. The lowest BCUT2D eigenvalue weighted by molar-refractivity contribution is -0.114. The number of ether oxygens (including phenoxy) is 1. The molecule has 24 heavy (non-hydrogen) atoms. The van der Waals surface area contributed by atoms with Gasteiger partial charge in [-0.15, -0.1) is 0 Å². The van der Waals surface area contributed by atoms with Gasteiger partial charge in [0, 0.05) is 12.6 Å². The van der Waals surface area contributed by atoms with E-state index in [-0.39, 0.29) is 17.4 Å².